The number of aliphatic imine (C=N–C) groups is 2. The lowest BCUT2D eigenvalue weighted by atomic mass is 10.1. The zero-order chi connectivity index (χ0) is 12.7. The molecular weight excluding hydrogens is 255 g/mol. The second kappa shape index (κ2) is 7.05. The van der Waals surface area contributed by atoms with E-state index in [9.17, 15) is 0 Å². The molecule has 0 fully saturated rings. The molecule has 2 nitrogen and oxygen atoms in total. The van der Waals surface area contributed by atoms with E-state index in [-0.39, 0.29) is 0 Å². The van der Waals surface area contributed by atoms with Crippen LogP contribution in [0.4, 0.5) is 0 Å². The lowest BCUT2D eigenvalue weighted by Gasteiger charge is -2.00. The number of benzene rings is 1. The van der Waals surface area contributed by atoms with E-state index in [4.69, 9.17) is 23.2 Å². The summed E-state index contributed by atoms with van der Waals surface area (Å²) < 4.78 is 0. The van der Waals surface area contributed by atoms with E-state index in [1.165, 1.54) is 6.20 Å². The van der Waals surface area contributed by atoms with Crippen LogP contribution in [-0.4, -0.2) is 11.4 Å². The van der Waals surface area contributed by atoms with E-state index in [1.54, 1.807) is 18.5 Å². The van der Waals surface area contributed by atoms with Gasteiger partial charge in [0.05, 0.1) is 0 Å². The Bertz CT molecular complexity index is 488. The molecule has 4 heteroatoms. The molecule has 0 N–H and O–H groups in total. The first-order chi connectivity index (χ1) is 8.15. The minimum absolute atomic E-state index is 0.333. The maximum Gasteiger partial charge on any atom is 0.130 e. The Hall–Kier alpha value is -1.38. The highest BCUT2D eigenvalue weighted by molar-refractivity contribution is 6.68. The van der Waals surface area contributed by atoms with Crippen molar-refractivity contribution in [2.45, 2.75) is 6.92 Å². The maximum absolute atomic E-state index is 5.99. The molecule has 0 aliphatic carbocycles. The molecule has 0 amide bonds. The highest BCUT2D eigenvalue weighted by atomic mass is 35.5. The van der Waals surface area contributed by atoms with Crippen molar-refractivity contribution in [3.63, 3.8) is 0 Å². The van der Waals surface area contributed by atoms with E-state index in [0.717, 1.165) is 16.1 Å². The molecular formula is C13H12Cl2N2. The molecule has 0 bridgehead atoms. The van der Waals surface area contributed by atoms with Crippen LogP contribution in [-0.2, 0) is 0 Å². The molecule has 88 valence electrons. The Balaban J connectivity index is 2.75. The second-order valence-corrected chi connectivity index (χ2v) is 3.98. The maximum atomic E-state index is 5.99. The van der Waals surface area contributed by atoms with Crippen molar-refractivity contribution in [2.24, 2.45) is 9.98 Å². The molecule has 0 aromatic heterocycles. The van der Waals surface area contributed by atoms with Gasteiger partial charge < -0.3 is 0 Å². The molecule has 1 aromatic carbocycles. The molecule has 17 heavy (non-hydrogen) atoms. The first-order valence-corrected chi connectivity index (χ1v) is 5.70. The fourth-order valence-corrected chi connectivity index (χ4v) is 1.43. The van der Waals surface area contributed by atoms with Crippen LogP contribution in [0.3, 0.4) is 0 Å². The van der Waals surface area contributed by atoms with Crippen LogP contribution < -0.4 is 0 Å². The summed E-state index contributed by atoms with van der Waals surface area (Å²) in [4.78, 5) is 7.87. The molecule has 1 rings (SSSR count). The Morgan fingerprint density at radius 2 is 2.18 bits per heavy atom. The molecule has 0 saturated heterocycles. The highest BCUT2D eigenvalue weighted by Crippen LogP contribution is 2.17. The number of halogens is 2. The van der Waals surface area contributed by atoms with Gasteiger partial charge in [0.15, 0.2) is 0 Å². The van der Waals surface area contributed by atoms with E-state index in [0.29, 0.717) is 5.17 Å². The van der Waals surface area contributed by atoms with Crippen molar-refractivity contribution in [1.82, 2.24) is 0 Å². The van der Waals surface area contributed by atoms with Crippen molar-refractivity contribution in [1.29, 1.82) is 0 Å². The molecule has 0 saturated carbocycles. The third kappa shape index (κ3) is 4.55. The van der Waals surface area contributed by atoms with Crippen molar-refractivity contribution in [2.75, 3.05) is 0 Å². The molecule has 0 unspecified atom stereocenters. The average Bonchev–Trinajstić information content (AvgIpc) is 2.30. The van der Waals surface area contributed by atoms with Gasteiger partial charge in [-0.25, -0.2) is 4.99 Å². The number of rotatable bonds is 4. The third-order valence-electron chi connectivity index (χ3n) is 2.04. The van der Waals surface area contributed by atoms with Crippen molar-refractivity contribution >= 4 is 34.6 Å². The molecule has 1 aromatic rings. The van der Waals surface area contributed by atoms with Crippen molar-refractivity contribution in [3.8, 4) is 0 Å². The number of hydrogen-bond acceptors (Lipinski definition) is 2. The summed E-state index contributed by atoms with van der Waals surface area (Å²) >= 11 is 11.7. The fourth-order valence-electron chi connectivity index (χ4n) is 1.12. The van der Waals surface area contributed by atoms with Crippen molar-refractivity contribution in [3.05, 3.63) is 59.4 Å². The minimum atomic E-state index is 0.333. The first kappa shape index (κ1) is 13.7. The van der Waals surface area contributed by atoms with Gasteiger partial charge in [-0.1, -0.05) is 41.9 Å². The summed E-state index contributed by atoms with van der Waals surface area (Å²) in [6.45, 7) is 5.38. The molecule has 0 radical (unpaired) electrons. The Morgan fingerprint density at radius 1 is 1.41 bits per heavy atom. The Labute approximate surface area is 111 Å². The van der Waals surface area contributed by atoms with Crippen LogP contribution in [0.2, 0.25) is 5.02 Å². The fraction of sp³-hybridized carbons (Fsp3) is 0.0769. The quantitative estimate of drug-likeness (QED) is 0.724. The largest absolute Gasteiger partial charge is 0.264 e. The lowest BCUT2D eigenvalue weighted by molar-refractivity contribution is 1.44. The van der Waals surface area contributed by atoms with E-state index < -0.39 is 0 Å². The zero-order valence-corrected chi connectivity index (χ0v) is 10.9. The normalized spacial score (nSPS) is 12.5. The molecule has 0 atom stereocenters. The summed E-state index contributed by atoms with van der Waals surface area (Å²) in [6, 6.07) is 5.67. The van der Waals surface area contributed by atoms with E-state index in [2.05, 4.69) is 16.6 Å². The van der Waals surface area contributed by atoms with Crippen LogP contribution in [0, 0.1) is 6.92 Å². The summed E-state index contributed by atoms with van der Waals surface area (Å²) in [5.41, 5.74) is 1.97. The monoisotopic (exact) mass is 266 g/mol. The summed E-state index contributed by atoms with van der Waals surface area (Å²) in [7, 11) is 0. The van der Waals surface area contributed by atoms with Gasteiger partial charge >= 0.3 is 0 Å². The van der Waals surface area contributed by atoms with Gasteiger partial charge in [-0.3, -0.25) is 4.99 Å². The summed E-state index contributed by atoms with van der Waals surface area (Å²) in [5, 5.41) is 1.06. The van der Waals surface area contributed by atoms with Crippen LogP contribution in [0.1, 0.15) is 11.1 Å². The van der Waals surface area contributed by atoms with Crippen LogP contribution in [0.5, 0.6) is 0 Å². The van der Waals surface area contributed by atoms with Crippen LogP contribution in [0.25, 0.3) is 0 Å². The van der Waals surface area contributed by atoms with E-state index >= 15 is 0 Å². The third-order valence-corrected chi connectivity index (χ3v) is 2.67. The minimum Gasteiger partial charge on any atom is -0.264 e. The Kier molecular flexibility index (Phi) is 5.67. The van der Waals surface area contributed by atoms with Gasteiger partial charge in [-0.15, -0.1) is 0 Å². The van der Waals surface area contributed by atoms with Crippen molar-refractivity contribution < 1.29 is 0 Å². The van der Waals surface area contributed by atoms with Gasteiger partial charge in [0.25, 0.3) is 0 Å². The SMILES string of the molecule is C=C\N=C(Cl)/C=C/N=C/c1cccc(Cl)c1C. The van der Waals surface area contributed by atoms with Gasteiger partial charge in [0.2, 0.25) is 0 Å². The smallest absolute Gasteiger partial charge is 0.130 e. The molecule has 0 spiro atoms. The summed E-state index contributed by atoms with van der Waals surface area (Å²) in [6.07, 6.45) is 6.24. The van der Waals surface area contributed by atoms with Gasteiger partial charge in [-0.2, -0.15) is 0 Å². The topological polar surface area (TPSA) is 24.7 Å². The summed E-state index contributed by atoms with van der Waals surface area (Å²) in [5.74, 6) is 0. The lowest BCUT2D eigenvalue weighted by Crippen LogP contribution is -1.86. The predicted molar refractivity (Wildman–Crippen MR) is 76.4 cm³/mol. The molecule has 0 aliphatic heterocycles. The molecule has 0 aliphatic rings. The number of hydrogen-bond donors (Lipinski definition) is 0. The first-order valence-electron chi connectivity index (χ1n) is 4.94. The van der Waals surface area contributed by atoms with E-state index in [1.807, 2.05) is 25.1 Å². The standard InChI is InChI=1S/C13H12Cl2N2/c1-3-17-13(15)7-8-16-9-11-5-4-6-12(14)10(11)2/h3-9H,1H2,2H3/b8-7+,16-9+,17-13+. The second-order valence-electron chi connectivity index (χ2n) is 3.18. The van der Waals surface area contributed by atoms with Gasteiger partial charge in [0.1, 0.15) is 5.17 Å². The van der Waals surface area contributed by atoms with Gasteiger partial charge in [0, 0.05) is 23.6 Å². The zero-order valence-electron chi connectivity index (χ0n) is 9.40. The predicted octanol–water partition coefficient (Wildman–Crippen LogP) is 4.36. The van der Waals surface area contributed by atoms with Crippen LogP contribution >= 0.6 is 23.2 Å². The Morgan fingerprint density at radius 3 is 2.88 bits per heavy atom. The average molecular weight is 267 g/mol. The van der Waals surface area contributed by atoms with Crippen LogP contribution in [0.15, 0.2) is 53.2 Å². The number of allylic oxidation sites excluding steroid dienone is 1. The highest BCUT2D eigenvalue weighted by Gasteiger charge is 1.97. The number of nitrogens with zero attached hydrogens (tertiary/aromatic N) is 2. The van der Waals surface area contributed by atoms with Gasteiger partial charge in [-0.05, 0) is 30.2 Å². The molecule has 0 heterocycles.